The van der Waals surface area contributed by atoms with Gasteiger partial charge in [-0.2, -0.15) is 0 Å². The minimum Gasteiger partial charge on any atom is -0.501 e. The molecule has 0 atom stereocenters. The summed E-state index contributed by atoms with van der Waals surface area (Å²) in [6, 6.07) is 14.7. The van der Waals surface area contributed by atoms with Crippen molar-refractivity contribution in [3.8, 4) is 16.9 Å². The number of fused-ring (bicyclic) bond motifs is 1. The van der Waals surface area contributed by atoms with Crippen molar-refractivity contribution in [3.05, 3.63) is 81.5 Å². The van der Waals surface area contributed by atoms with Crippen molar-refractivity contribution in [3.63, 3.8) is 0 Å². The van der Waals surface area contributed by atoms with Gasteiger partial charge in [0.1, 0.15) is 11.4 Å². The second-order valence-corrected chi connectivity index (χ2v) is 8.44. The van der Waals surface area contributed by atoms with Gasteiger partial charge < -0.3 is 20.5 Å². The van der Waals surface area contributed by atoms with Crippen molar-refractivity contribution in [2.24, 2.45) is 0 Å². The molecule has 1 aliphatic rings. The van der Waals surface area contributed by atoms with Gasteiger partial charge in [-0.25, -0.2) is 4.98 Å². The van der Waals surface area contributed by atoms with Gasteiger partial charge in [0.2, 0.25) is 5.75 Å². The quantitative estimate of drug-likeness (QED) is 0.534. The monoisotopic (exact) mass is 462 g/mol. The number of aromatic hydroxyl groups is 1. The van der Waals surface area contributed by atoms with Gasteiger partial charge in [-0.05, 0) is 42.7 Å². The lowest BCUT2D eigenvalue weighted by Gasteiger charge is -2.32. The van der Waals surface area contributed by atoms with Gasteiger partial charge >= 0.3 is 0 Å². The Morgan fingerprint density at radius 2 is 1.82 bits per heavy atom. The van der Waals surface area contributed by atoms with E-state index in [1.165, 1.54) is 4.57 Å². The molecule has 2 amide bonds. The van der Waals surface area contributed by atoms with E-state index in [2.05, 4.69) is 15.6 Å². The van der Waals surface area contributed by atoms with Gasteiger partial charge in [-0.1, -0.05) is 36.4 Å². The number of nitrogens with one attached hydrogen (secondary N) is 2. The van der Waals surface area contributed by atoms with Crippen LogP contribution in [0.2, 0.25) is 0 Å². The summed E-state index contributed by atoms with van der Waals surface area (Å²) in [7, 11) is 1.58. The highest BCUT2D eigenvalue weighted by molar-refractivity contribution is 5.95. The summed E-state index contributed by atoms with van der Waals surface area (Å²) in [4.78, 5) is 41.7. The van der Waals surface area contributed by atoms with E-state index in [0.29, 0.717) is 18.0 Å². The molecule has 3 N–H and O–H groups in total. The van der Waals surface area contributed by atoms with Crippen molar-refractivity contribution in [2.45, 2.75) is 32.5 Å². The van der Waals surface area contributed by atoms with Crippen LogP contribution in [0.4, 0.5) is 0 Å². The van der Waals surface area contributed by atoms with Crippen LogP contribution in [0.15, 0.2) is 53.3 Å². The molecule has 0 radical (unpaired) electrons. The van der Waals surface area contributed by atoms with Gasteiger partial charge in [0.15, 0.2) is 5.69 Å². The minimum absolute atomic E-state index is 0.144. The Bertz CT molecular complexity index is 1310. The Hall–Kier alpha value is -3.98. The molecular weight excluding hydrogens is 436 g/mol. The fraction of sp³-hybridized carbons (Fsp3) is 0.280. The Morgan fingerprint density at radius 3 is 2.53 bits per heavy atom. The Labute approximate surface area is 196 Å². The molecule has 2 aromatic carbocycles. The standard InChI is InChI=1S/C25H26N4O5/c1-25(2)24-28-19(20(30)23(33)29(24)12-13-34-25)22(32)27-14-17-6-4-5-7-18(17)15-8-10-16(11-9-15)21(31)26-3/h4-11,30H,12-14H2,1-3H3,(H,26,31)(H,27,32). The molecule has 176 valence electrons. The van der Waals surface area contributed by atoms with Crippen molar-refractivity contribution >= 4 is 11.8 Å². The Kier molecular flexibility index (Phi) is 6.21. The van der Waals surface area contributed by atoms with E-state index in [-0.39, 0.29) is 24.7 Å². The van der Waals surface area contributed by atoms with Gasteiger partial charge in [0, 0.05) is 19.2 Å². The molecule has 0 saturated heterocycles. The molecule has 0 bridgehead atoms. The lowest BCUT2D eigenvalue weighted by molar-refractivity contribution is -0.0566. The molecule has 0 aliphatic carbocycles. The van der Waals surface area contributed by atoms with Gasteiger partial charge in [-0.15, -0.1) is 0 Å². The molecule has 1 aromatic heterocycles. The third-order valence-corrected chi connectivity index (χ3v) is 5.82. The third kappa shape index (κ3) is 4.29. The van der Waals surface area contributed by atoms with Crippen molar-refractivity contribution in [1.29, 1.82) is 0 Å². The van der Waals surface area contributed by atoms with E-state index < -0.39 is 22.8 Å². The van der Waals surface area contributed by atoms with Gasteiger partial charge in [-0.3, -0.25) is 19.0 Å². The zero-order valence-electron chi connectivity index (χ0n) is 19.2. The van der Waals surface area contributed by atoms with Crippen molar-refractivity contribution < 1.29 is 19.4 Å². The van der Waals surface area contributed by atoms with Crippen molar-refractivity contribution in [1.82, 2.24) is 20.2 Å². The normalized spacial score (nSPS) is 14.2. The van der Waals surface area contributed by atoms with E-state index >= 15 is 0 Å². The number of aromatic nitrogens is 2. The number of amides is 2. The number of carbonyl (C=O) groups is 2. The fourth-order valence-corrected chi connectivity index (χ4v) is 3.99. The first-order valence-electron chi connectivity index (χ1n) is 10.9. The first kappa shape index (κ1) is 23.2. The molecule has 9 heteroatoms. The molecule has 1 aliphatic heterocycles. The smallest absolute Gasteiger partial charge is 0.296 e. The SMILES string of the molecule is CNC(=O)c1ccc(-c2ccccc2CNC(=O)c2nc3n(c(=O)c2O)CCOC3(C)C)cc1. The van der Waals surface area contributed by atoms with Crippen LogP contribution in [-0.2, 0) is 23.4 Å². The predicted octanol–water partition coefficient (Wildman–Crippen LogP) is 2.17. The lowest BCUT2D eigenvalue weighted by atomic mass is 9.98. The topological polar surface area (TPSA) is 123 Å². The summed E-state index contributed by atoms with van der Waals surface area (Å²) in [5, 5.41) is 15.7. The summed E-state index contributed by atoms with van der Waals surface area (Å²) in [5.74, 6) is -1.22. The van der Waals surface area contributed by atoms with Crippen LogP contribution in [0, 0.1) is 0 Å². The van der Waals surface area contributed by atoms with Crippen LogP contribution < -0.4 is 16.2 Å². The number of carbonyl (C=O) groups excluding carboxylic acids is 2. The Morgan fingerprint density at radius 1 is 1.12 bits per heavy atom. The zero-order valence-corrected chi connectivity index (χ0v) is 19.2. The average molecular weight is 463 g/mol. The number of benzene rings is 2. The highest BCUT2D eigenvalue weighted by Crippen LogP contribution is 2.28. The fourth-order valence-electron chi connectivity index (χ4n) is 3.99. The van der Waals surface area contributed by atoms with Crippen molar-refractivity contribution in [2.75, 3.05) is 13.7 Å². The van der Waals surface area contributed by atoms with Crippen LogP contribution in [0.1, 0.15) is 46.1 Å². The summed E-state index contributed by atoms with van der Waals surface area (Å²) in [6.07, 6.45) is 0. The van der Waals surface area contributed by atoms with E-state index in [4.69, 9.17) is 4.74 Å². The molecule has 3 aromatic rings. The molecule has 9 nitrogen and oxygen atoms in total. The predicted molar refractivity (Wildman–Crippen MR) is 126 cm³/mol. The molecular formula is C25H26N4O5. The van der Waals surface area contributed by atoms with Gasteiger partial charge in [0.05, 0.1) is 13.2 Å². The van der Waals surface area contributed by atoms with Gasteiger partial charge in [0.25, 0.3) is 17.4 Å². The first-order chi connectivity index (χ1) is 16.2. The minimum atomic E-state index is -0.867. The number of hydrogen-bond donors (Lipinski definition) is 3. The molecule has 0 fully saturated rings. The number of ether oxygens (including phenoxy) is 1. The summed E-state index contributed by atoms with van der Waals surface area (Å²) < 4.78 is 7.03. The highest BCUT2D eigenvalue weighted by atomic mass is 16.5. The lowest BCUT2D eigenvalue weighted by Crippen LogP contribution is -2.42. The van der Waals surface area contributed by atoms with E-state index in [1.807, 2.05) is 36.4 Å². The molecule has 0 spiro atoms. The average Bonchev–Trinajstić information content (AvgIpc) is 2.84. The van der Waals surface area contributed by atoms with Crippen LogP contribution in [0.5, 0.6) is 5.75 Å². The maximum Gasteiger partial charge on any atom is 0.296 e. The van der Waals surface area contributed by atoms with Crippen LogP contribution in [-0.4, -0.2) is 40.1 Å². The molecule has 4 rings (SSSR count). The number of rotatable bonds is 5. The van der Waals surface area contributed by atoms with E-state index in [9.17, 15) is 19.5 Å². The van der Waals surface area contributed by atoms with Crippen LogP contribution in [0.25, 0.3) is 11.1 Å². The maximum atomic E-state index is 12.9. The highest BCUT2D eigenvalue weighted by Gasteiger charge is 2.34. The van der Waals surface area contributed by atoms with E-state index in [0.717, 1.165) is 16.7 Å². The zero-order chi connectivity index (χ0) is 24.5. The second kappa shape index (κ2) is 9.11. The van der Waals surface area contributed by atoms with Crippen LogP contribution >= 0.6 is 0 Å². The molecule has 34 heavy (non-hydrogen) atoms. The molecule has 0 saturated carbocycles. The maximum absolute atomic E-state index is 12.9. The van der Waals surface area contributed by atoms with Crippen LogP contribution in [0.3, 0.4) is 0 Å². The number of nitrogens with zero attached hydrogens (tertiary/aromatic N) is 2. The molecule has 2 heterocycles. The Balaban J connectivity index is 1.59. The number of hydrogen-bond acceptors (Lipinski definition) is 6. The first-order valence-corrected chi connectivity index (χ1v) is 10.9. The summed E-state index contributed by atoms with van der Waals surface area (Å²) >= 11 is 0. The third-order valence-electron chi connectivity index (χ3n) is 5.82. The largest absolute Gasteiger partial charge is 0.501 e. The van der Waals surface area contributed by atoms with E-state index in [1.54, 1.807) is 33.0 Å². The molecule has 0 unspecified atom stereocenters. The summed E-state index contributed by atoms with van der Waals surface area (Å²) in [6.45, 7) is 4.23. The second-order valence-electron chi connectivity index (χ2n) is 8.44. The summed E-state index contributed by atoms with van der Waals surface area (Å²) in [5.41, 5.74) is 1.26.